The van der Waals surface area contributed by atoms with Gasteiger partial charge >= 0.3 is 0 Å². The number of nitrogens with zero attached hydrogens (tertiary/aromatic N) is 1. The summed E-state index contributed by atoms with van der Waals surface area (Å²) in [7, 11) is 0. The molecular weight excluding hydrogens is 220 g/mol. The quantitative estimate of drug-likeness (QED) is 0.506. The Hall–Kier alpha value is -0.200. The first-order valence-electron chi connectivity index (χ1n) is 6.43. The Morgan fingerprint density at radius 2 is 1.59 bits per heavy atom. The first kappa shape index (κ1) is 16.8. The molecule has 2 unspecified atom stereocenters. The van der Waals surface area contributed by atoms with Gasteiger partial charge in [-0.3, -0.25) is 4.90 Å². The Labute approximate surface area is 105 Å². The van der Waals surface area contributed by atoms with Crippen LogP contribution in [0.2, 0.25) is 0 Å². The molecule has 104 valence electrons. The largest absolute Gasteiger partial charge is 0.395 e. The molecule has 0 amide bonds. The average molecular weight is 248 g/mol. The van der Waals surface area contributed by atoms with Crippen molar-refractivity contribution in [3.05, 3.63) is 0 Å². The zero-order chi connectivity index (χ0) is 13.1. The van der Waals surface area contributed by atoms with Crippen LogP contribution in [-0.2, 0) is 9.47 Å². The van der Waals surface area contributed by atoms with Crippen LogP contribution in [0.1, 0.15) is 20.8 Å². The van der Waals surface area contributed by atoms with Gasteiger partial charge in [-0.05, 0) is 20.8 Å². The molecule has 3 N–H and O–H groups in total. The van der Waals surface area contributed by atoms with E-state index in [0.717, 1.165) is 13.1 Å². The highest BCUT2D eigenvalue weighted by Gasteiger charge is 2.20. The lowest BCUT2D eigenvalue weighted by Gasteiger charge is -2.32. The van der Waals surface area contributed by atoms with E-state index in [9.17, 15) is 5.11 Å². The molecule has 5 nitrogen and oxygen atoms in total. The highest BCUT2D eigenvalue weighted by atomic mass is 16.5. The molecule has 0 aromatic heterocycles. The zero-order valence-corrected chi connectivity index (χ0v) is 11.4. The van der Waals surface area contributed by atoms with E-state index in [-0.39, 0.29) is 18.7 Å². The van der Waals surface area contributed by atoms with Crippen molar-refractivity contribution in [3.8, 4) is 0 Å². The number of aliphatic hydroxyl groups excluding tert-OH is 1. The summed E-state index contributed by atoms with van der Waals surface area (Å²) in [6.07, 6.45) is 0. The van der Waals surface area contributed by atoms with E-state index >= 15 is 0 Å². The maximum absolute atomic E-state index is 9.38. The summed E-state index contributed by atoms with van der Waals surface area (Å²) in [5.74, 6) is 0. The van der Waals surface area contributed by atoms with Crippen LogP contribution in [0.3, 0.4) is 0 Å². The average Bonchev–Trinajstić information content (AvgIpc) is 2.29. The molecule has 5 heteroatoms. The van der Waals surface area contributed by atoms with Crippen LogP contribution in [-0.4, -0.2) is 68.2 Å². The van der Waals surface area contributed by atoms with Crippen LogP contribution >= 0.6 is 0 Å². The maximum atomic E-state index is 9.38. The fraction of sp³-hybridized carbons (Fsp3) is 1.00. The fourth-order valence-electron chi connectivity index (χ4n) is 1.71. The topological polar surface area (TPSA) is 68.0 Å². The Morgan fingerprint density at radius 1 is 1.12 bits per heavy atom. The number of ether oxygens (including phenoxy) is 2. The lowest BCUT2D eigenvalue weighted by molar-refractivity contribution is 0.0390. The first-order chi connectivity index (χ1) is 8.17. The maximum Gasteiger partial charge on any atom is 0.0601 e. The molecule has 0 rings (SSSR count). The van der Waals surface area contributed by atoms with Crippen molar-refractivity contribution in [2.45, 2.75) is 32.9 Å². The van der Waals surface area contributed by atoms with E-state index < -0.39 is 0 Å². The third-order valence-electron chi connectivity index (χ3n) is 2.72. The molecule has 0 saturated heterocycles. The second-order valence-corrected chi connectivity index (χ2v) is 4.04. The predicted molar refractivity (Wildman–Crippen MR) is 69.1 cm³/mol. The Bertz CT molecular complexity index is 158. The van der Waals surface area contributed by atoms with Crippen LogP contribution in [0.15, 0.2) is 0 Å². The van der Waals surface area contributed by atoms with Gasteiger partial charge in [-0.1, -0.05) is 0 Å². The van der Waals surface area contributed by atoms with Crippen molar-refractivity contribution in [1.82, 2.24) is 4.90 Å². The monoisotopic (exact) mass is 248 g/mol. The van der Waals surface area contributed by atoms with Gasteiger partial charge < -0.3 is 20.3 Å². The third-order valence-corrected chi connectivity index (χ3v) is 2.72. The molecular formula is C12H28N2O3. The Kier molecular flexibility index (Phi) is 10.8. The van der Waals surface area contributed by atoms with Gasteiger partial charge in [-0.2, -0.15) is 0 Å². The molecule has 0 spiro atoms. The van der Waals surface area contributed by atoms with Gasteiger partial charge in [0.15, 0.2) is 0 Å². The molecule has 0 fully saturated rings. The molecule has 0 heterocycles. The van der Waals surface area contributed by atoms with Gasteiger partial charge in [-0.15, -0.1) is 0 Å². The van der Waals surface area contributed by atoms with Gasteiger partial charge in [0.05, 0.1) is 19.8 Å². The van der Waals surface area contributed by atoms with E-state index in [4.69, 9.17) is 15.2 Å². The molecule has 0 aliphatic heterocycles. The molecule has 17 heavy (non-hydrogen) atoms. The molecule has 0 aromatic rings. The van der Waals surface area contributed by atoms with Crippen LogP contribution in [0.5, 0.6) is 0 Å². The van der Waals surface area contributed by atoms with Crippen molar-refractivity contribution in [3.63, 3.8) is 0 Å². The number of nitrogens with two attached hydrogens (primary N) is 1. The number of hydrogen-bond donors (Lipinski definition) is 2. The van der Waals surface area contributed by atoms with E-state index in [1.165, 1.54) is 0 Å². The smallest absolute Gasteiger partial charge is 0.0601 e. The minimum absolute atomic E-state index is 0.0316. The summed E-state index contributed by atoms with van der Waals surface area (Å²) in [6.45, 7) is 10.2. The summed E-state index contributed by atoms with van der Waals surface area (Å²) in [5, 5.41) is 9.38. The van der Waals surface area contributed by atoms with Gasteiger partial charge in [0.1, 0.15) is 0 Å². The molecule has 0 aromatic carbocycles. The van der Waals surface area contributed by atoms with Gasteiger partial charge in [0.2, 0.25) is 0 Å². The second-order valence-electron chi connectivity index (χ2n) is 4.04. The summed E-state index contributed by atoms with van der Waals surface area (Å²) < 4.78 is 10.7. The van der Waals surface area contributed by atoms with Crippen LogP contribution in [0.25, 0.3) is 0 Å². The summed E-state index contributed by atoms with van der Waals surface area (Å²) in [5.41, 5.74) is 5.87. The van der Waals surface area contributed by atoms with E-state index in [0.29, 0.717) is 26.4 Å². The van der Waals surface area contributed by atoms with Crippen LogP contribution in [0.4, 0.5) is 0 Å². The molecule has 2 atom stereocenters. The van der Waals surface area contributed by atoms with Crippen molar-refractivity contribution < 1.29 is 14.6 Å². The van der Waals surface area contributed by atoms with E-state index in [1.54, 1.807) is 0 Å². The van der Waals surface area contributed by atoms with Gasteiger partial charge in [0, 0.05) is 38.4 Å². The van der Waals surface area contributed by atoms with Crippen molar-refractivity contribution in [2.75, 3.05) is 46.1 Å². The minimum Gasteiger partial charge on any atom is -0.395 e. The zero-order valence-electron chi connectivity index (χ0n) is 11.4. The van der Waals surface area contributed by atoms with Crippen molar-refractivity contribution >= 4 is 0 Å². The Morgan fingerprint density at radius 3 is 1.88 bits per heavy atom. The fourth-order valence-corrected chi connectivity index (χ4v) is 1.71. The Balaban J connectivity index is 4.15. The minimum atomic E-state index is -0.0664. The van der Waals surface area contributed by atoms with Crippen molar-refractivity contribution in [2.24, 2.45) is 5.73 Å². The SMILES string of the molecule is CCOCCN(CCOCC)C(CO)C(C)N. The van der Waals surface area contributed by atoms with Crippen LogP contribution < -0.4 is 5.73 Å². The standard InChI is InChI=1S/C12H28N2O3/c1-4-16-8-6-14(7-9-17-5-2)12(10-15)11(3)13/h11-12,15H,4-10,13H2,1-3H3. The van der Waals surface area contributed by atoms with Crippen LogP contribution in [0, 0.1) is 0 Å². The van der Waals surface area contributed by atoms with Gasteiger partial charge in [-0.25, -0.2) is 0 Å². The van der Waals surface area contributed by atoms with Crippen molar-refractivity contribution in [1.29, 1.82) is 0 Å². The van der Waals surface area contributed by atoms with E-state index in [2.05, 4.69) is 4.90 Å². The third kappa shape index (κ3) is 7.68. The normalized spacial score (nSPS) is 15.2. The lowest BCUT2D eigenvalue weighted by Crippen LogP contribution is -2.51. The summed E-state index contributed by atoms with van der Waals surface area (Å²) in [4.78, 5) is 2.13. The first-order valence-corrected chi connectivity index (χ1v) is 6.43. The second kappa shape index (κ2) is 10.9. The predicted octanol–water partition coefficient (Wildman–Crippen LogP) is 0.0695. The lowest BCUT2D eigenvalue weighted by atomic mass is 10.1. The molecule has 0 aliphatic carbocycles. The number of hydrogen-bond acceptors (Lipinski definition) is 5. The van der Waals surface area contributed by atoms with E-state index in [1.807, 2.05) is 20.8 Å². The molecule has 0 radical (unpaired) electrons. The summed E-state index contributed by atoms with van der Waals surface area (Å²) >= 11 is 0. The highest BCUT2D eigenvalue weighted by molar-refractivity contribution is 4.78. The molecule has 0 saturated carbocycles. The number of rotatable bonds is 11. The summed E-state index contributed by atoms with van der Waals surface area (Å²) in [6, 6.07) is -0.0980. The highest BCUT2D eigenvalue weighted by Crippen LogP contribution is 2.03. The number of aliphatic hydroxyl groups is 1. The molecule has 0 bridgehead atoms. The van der Waals surface area contributed by atoms with Gasteiger partial charge in [0.25, 0.3) is 0 Å². The molecule has 0 aliphatic rings.